The topological polar surface area (TPSA) is 63.9 Å². The van der Waals surface area contributed by atoms with E-state index in [1.54, 1.807) is 35.6 Å². The molecule has 0 aliphatic carbocycles. The number of ether oxygens (including phenoxy) is 1. The summed E-state index contributed by atoms with van der Waals surface area (Å²) in [5.74, 6) is 0. The van der Waals surface area contributed by atoms with Crippen LogP contribution < -0.4 is 4.80 Å². The molecular weight excluding hydrogens is 358 g/mol. The number of aryl methyl sites for hydroxylation is 1. The molecule has 2 aromatic rings. The number of aromatic nitrogens is 1. The van der Waals surface area contributed by atoms with Crippen molar-refractivity contribution in [1.82, 2.24) is 8.87 Å². The predicted octanol–water partition coefficient (Wildman–Crippen LogP) is 2.52. The predicted molar refractivity (Wildman–Crippen MR) is 98.6 cm³/mol. The first-order valence-corrected chi connectivity index (χ1v) is 10.7. The van der Waals surface area contributed by atoms with E-state index < -0.39 is 10.0 Å². The molecule has 0 amide bonds. The van der Waals surface area contributed by atoms with Crippen LogP contribution in [0.3, 0.4) is 0 Å². The fraction of sp³-hybridized carbons (Fsp3) is 0.471. The van der Waals surface area contributed by atoms with Crippen LogP contribution in [-0.4, -0.2) is 43.6 Å². The van der Waals surface area contributed by atoms with E-state index in [4.69, 9.17) is 4.74 Å². The van der Waals surface area contributed by atoms with Crippen molar-refractivity contribution in [3.63, 3.8) is 0 Å². The van der Waals surface area contributed by atoms with Crippen molar-refractivity contribution in [2.75, 3.05) is 26.3 Å². The number of rotatable bonds is 5. The highest BCUT2D eigenvalue weighted by Crippen LogP contribution is 2.20. The molecule has 25 heavy (non-hydrogen) atoms. The maximum Gasteiger partial charge on any atom is 0.243 e. The summed E-state index contributed by atoms with van der Waals surface area (Å²) in [5, 5.41) is 2.09. The van der Waals surface area contributed by atoms with E-state index >= 15 is 0 Å². The van der Waals surface area contributed by atoms with Gasteiger partial charge in [-0.05, 0) is 37.6 Å². The zero-order valence-corrected chi connectivity index (χ0v) is 16.1. The molecule has 0 bridgehead atoms. The van der Waals surface area contributed by atoms with E-state index in [0.29, 0.717) is 31.2 Å². The van der Waals surface area contributed by atoms with Crippen molar-refractivity contribution in [3.05, 3.63) is 40.1 Å². The smallest absolute Gasteiger partial charge is 0.243 e. The molecule has 0 atom stereocenters. The molecule has 0 saturated carbocycles. The molecule has 2 heterocycles. The van der Waals surface area contributed by atoms with Crippen LogP contribution in [0.5, 0.6) is 0 Å². The van der Waals surface area contributed by atoms with E-state index in [2.05, 4.69) is 28.8 Å². The van der Waals surface area contributed by atoms with Gasteiger partial charge in [-0.25, -0.2) is 13.4 Å². The first kappa shape index (κ1) is 18.3. The van der Waals surface area contributed by atoms with Gasteiger partial charge in [0, 0.05) is 30.7 Å². The summed E-state index contributed by atoms with van der Waals surface area (Å²) in [7, 11) is -3.46. The lowest BCUT2D eigenvalue weighted by atomic mass is 10.3. The monoisotopic (exact) mass is 381 g/mol. The molecule has 1 aromatic carbocycles. The van der Waals surface area contributed by atoms with Crippen molar-refractivity contribution in [2.24, 2.45) is 4.99 Å². The Morgan fingerprint density at radius 3 is 2.52 bits per heavy atom. The Labute approximate surface area is 152 Å². The van der Waals surface area contributed by atoms with Gasteiger partial charge in [0.25, 0.3) is 0 Å². The third kappa shape index (κ3) is 4.03. The summed E-state index contributed by atoms with van der Waals surface area (Å²) in [4.78, 5) is 5.91. The summed E-state index contributed by atoms with van der Waals surface area (Å²) in [5.41, 5.74) is 1.95. The van der Waals surface area contributed by atoms with E-state index in [-0.39, 0.29) is 0 Å². The van der Waals surface area contributed by atoms with E-state index in [1.165, 1.54) is 10.00 Å². The minimum absolute atomic E-state index is 0.303. The molecule has 1 aromatic heterocycles. The van der Waals surface area contributed by atoms with Crippen molar-refractivity contribution in [1.29, 1.82) is 0 Å². The Bertz CT molecular complexity index is 877. The lowest BCUT2D eigenvalue weighted by Crippen LogP contribution is -2.40. The number of thiazole rings is 1. The zero-order chi connectivity index (χ0) is 17.9. The first-order valence-electron chi connectivity index (χ1n) is 8.40. The van der Waals surface area contributed by atoms with Gasteiger partial charge < -0.3 is 9.30 Å². The Morgan fingerprint density at radius 2 is 1.88 bits per heavy atom. The summed E-state index contributed by atoms with van der Waals surface area (Å²) in [6.07, 6.45) is 1.04. The van der Waals surface area contributed by atoms with Crippen LogP contribution in [0.25, 0.3) is 0 Å². The number of hydrogen-bond acceptors (Lipinski definition) is 5. The SMILES string of the molecule is CCCn1c(C)csc1=Nc1ccc(S(=O)(=O)N2CCOCC2)cc1. The molecular formula is C17H23N3O3S2. The van der Waals surface area contributed by atoms with Crippen LogP contribution in [-0.2, 0) is 21.3 Å². The molecule has 0 spiro atoms. The molecule has 136 valence electrons. The van der Waals surface area contributed by atoms with Crippen molar-refractivity contribution >= 4 is 27.0 Å². The summed E-state index contributed by atoms with van der Waals surface area (Å²) >= 11 is 1.60. The number of hydrogen-bond donors (Lipinski definition) is 0. The molecule has 1 aliphatic heterocycles. The van der Waals surface area contributed by atoms with Gasteiger partial charge in [-0.15, -0.1) is 11.3 Å². The normalized spacial score (nSPS) is 17.1. The van der Waals surface area contributed by atoms with Gasteiger partial charge in [-0.2, -0.15) is 4.31 Å². The molecule has 8 heteroatoms. The van der Waals surface area contributed by atoms with E-state index in [0.717, 1.165) is 23.5 Å². The van der Waals surface area contributed by atoms with Crippen LogP contribution in [0.4, 0.5) is 5.69 Å². The van der Waals surface area contributed by atoms with Gasteiger partial charge in [0.2, 0.25) is 10.0 Å². The zero-order valence-electron chi connectivity index (χ0n) is 14.5. The number of sulfonamides is 1. The average Bonchev–Trinajstić information content (AvgIpc) is 2.97. The van der Waals surface area contributed by atoms with Crippen molar-refractivity contribution in [2.45, 2.75) is 31.7 Å². The largest absolute Gasteiger partial charge is 0.379 e. The third-order valence-corrected chi connectivity index (χ3v) is 7.00. The third-order valence-electron chi connectivity index (χ3n) is 4.11. The van der Waals surface area contributed by atoms with Crippen LogP contribution in [0, 0.1) is 6.92 Å². The summed E-state index contributed by atoms with van der Waals surface area (Å²) in [6, 6.07) is 6.79. The van der Waals surface area contributed by atoms with Crippen LogP contribution in [0.15, 0.2) is 39.5 Å². The molecule has 3 rings (SSSR count). The Kier molecular flexibility index (Phi) is 5.73. The number of nitrogens with zero attached hydrogens (tertiary/aromatic N) is 3. The summed E-state index contributed by atoms with van der Waals surface area (Å²) in [6.45, 7) is 6.84. The molecule has 1 fully saturated rings. The molecule has 0 radical (unpaired) electrons. The highest BCUT2D eigenvalue weighted by atomic mass is 32.2. The fourth-order valence-corrected chi connectivity index (χ4v) is 5.07. The summed E-state index contributed by atoms with van der Waals surface area (Å²) < 4.78 is 34.2. The van der Waals surface area contributed by atoms with Crippen LogP contribution in [0.1, 0.15) is 19.0 Å². The highest BCUT2D eigenvalue weighted by molar-refractivity contribution is 7.89. The second kappa shape index (κ2) is 7.82. The van der Waals surface area contributed by atoms with E-state index in [9.17, 15) is 8.42 Å². The molecule has 1 aliphatic rings. The lowest BCUT2D eigenvalue weighted by Gasteiger charge is -2.26. The maximum absolute atomic E-state index is 12.6. The molecule has 0 unspecified atom stereocenters. The minimum atomic E-state index is -3.46. The standard InChI is InChI=1S/C17H23N3O3S2/c1-3-8-20-14(2)13-24-17(20)18-15-4-6-16(7-5-15)25(21,22)19-9-11-23-12-10-19/h4-7,13H,3,8-12H2,1-2H3. The quantitative estimate of drug-likeness (QED) is 0.799. The van der Waals surface area contributed by atoms with Gasteiger partial charge in [-0.1, -0.05) is 6.92 Å². The Hall–Kier alpha value is -1.48. The van der Waals surface area contributed by atoms with Crippen molar-refractivity contribution < 1.29 is 13.2 Å². The fourth-order valence-electron chi connectivity index (χ4n) is 2.74. The van der Waals surface area contributed by atoms with Gasteiger partial charge in [0.1, 0.15) is 0 Å². The Balaban J connectivity index is 1.87. The Morgan fingerprint density at radius 1 is 1.20 bits per heavy atom. The maximum atomic E-state index is 12.6. The number of morpholine rings is 1. The number of benzene rings is 1. The second-order valence-corrected chi connectivity index (χ2v) is 8.71. The lowest BCUT2D eigenvalue weighted by molar-refractivity contribution is 0.0730. The van der Waals surface area contributed by atoms with Gasteiger partial charge in [0.05, 0.1) is 23.8 Å². The average molecular weight is 382 g/mol. The van der Waals surface area contributed by atoms with Crippen LogP contribution >= 0.6 is 11.3 Å². The second-order valence-electron chi connectivity index (χ2n) is 5.93. The van der Waals surface area contributed by atoms with Gasteiger partial charge in [0.15, 0.2) is 4.80 Å². The first-order chi connectivity index (χ1) is 12.0. The van der Waals surface area contributed by atoms with Gasteiger partial charge in [-0.3, -0.25) is 0 Å². The molecule has 6 nitrogen and oxygen atoms in total. The molecule has 0 N–H and O–H groups in total. The van der Waals surface area contributed by atoms with Crippen LogP contribution in [0.2, 0.25) is 0 Å². The molecule has 1 saturated heterocycles. The highest BCUT2D eigenvalue weighted by Gasteiger charge is 2.26. The minimum Gasteiger partial charge on any atom is -0.379 e. The van der Waals surface area contributed by atoms with Gasteiger partial charge >= 0.3 is 0 Å². The van der Waals surface area contributed by atoms with Crippen molar-refractivity contribution in [3.8, 4) is 0 Å². The van der Waals surface area contributed by atoms with E-state index in [1.807, 2.05) is 0 Å².